The number of rotatable bonds is 10. The zero-order chi connectivity index (χ0) is 28.4. The molecule has 0 aliphatic heterocycles. The second kappa shape index (κ2) is 9.49. The van der Waals surface area contributed by atoms with Crippen LogP contribution in [0.15, 0.2) is 29.2 Å². The van der Waals surface area contributed by atoms with E-state index in [0.29, 0.717) is 22.6 Å². The summed E-state index contributed by atoms with van der Waals surface area (Å²) in [7, 11) is -6.48. The Morgan fingerprint density at radius 3 is 1.84 bits per heavy atom. The van der Waals surface area contributed by atoms with Gasteiger partial charge in [-0.25, -0.2) is 0 Å². The molecule has 4 saturated carbocycles. The molecule has 0 spiro atoms. The van der Waals surface area contributed by atoms with Crippen molar-refractivity contribution < 1.29 is 48.5 Å². The number of hydrogen-bond acceptors (Lipinski definition) is 6. The maximum Gasteiger partial charge on any atom is 0.449 e. The minimum atomic E-state index is -6.48. The molecule has 4 bridgehead atoms. The van der Waals surface area contributed by atoms with E-state index in [1.54, 1.807) is 0 Å². The average molecular weight is 589 g/mol. The Bertz CT molecular complexity index is 1130. The molecule has 4 fully saturated rings. The van der Waals surface area contributed by atoms with E-state index in [1.807, 2.05) is 13.8 Å². The highest BCUT2D eigenvalue weighted by Crippen LogP contribution is 2.64. The number of hydrogen-bond donors (Lipinski definition) is 0. The molecule has 13 heteroatoms. The summed E-state index contributed by atoms with van der Waals surface area (Å²) in [5.74, 6) is -10.8. The standard InChI is InChI=1S/C25H30F6O5S2/c1-21(2,23-11-15-8-16(12-23)10-17(9-15)13-23)35-20(32)14-37-19-6-4-18(5-7-19)36-38(33,34)25(30,31)24(28,29)22(3,26)27/h4-7,15-17H,8-14H2,1-3H3. The summed E-state index contributed by atoms with van der Waals surface area (Å²) < 4.78 is 114. The first-order chi connectivity index (χ1) is 17.3. The third-order valence-corrected chi connectivity index (χ3v) is 10.6. The largest absolute Gasteiger partial charge is 0.458 e. The first-order valence-electron chi connectivity index (χ1n) is 12.3. The van der Waals surface area contributed by atoms with Crippen molar-refractivity contribution in [1.29, 1.82) is 0 Å². The monoisotopic (exact) mass is 588 g/mol. The van der Waals surface area contributed by atoms with E-state index in [0.717, 1.165) is 43.2 Å². The van der Waals surface area contributed by atoms with Gasteiger partial charge in [0.25, 0.3) is 0 Å². The van der Waals surface area contributed by atoms with Crippen LogP contribution in [0.3, 0.4) is 0 Å². The predicted molar refractivity (Wildman–Crippen MR) is 128 cm³/mol. The van der Waals surface area contributed by atoms with Crippen molar-refractivity contribution in [2.45, 2.75) is 86.9 Å². The van der Waals surface area contributed by atoms with Gasteiger partial charge >= 0.3 is 33.2 Å². The van der Waals surface area contributed by atoms with Gasteiger partial charge in [0.05, 0.1) is 5.75 Å². The first-order valence-corrected chi connectivity index (χ1v) is 14.7. The van der Waals surface area contributed by atoms with Gasteiger partial charge in [-0.05, 0) is 94.4 Å². The summed E-state index contributed by atoms with van der Waals surface area (Å²) in [5, 5.41) is -6.20. The molecule has 0 aromatic heterocycles. The molecule has 0 N–H and O–H groups in total. The maximum atomic E-state index is 13.8. The summed E-state index contributed by atoms with van der Waals surface area (Å²) in [4.78, 5) is 13.1. The number of benzene rings is 1. The molecule has 5 nitrogen and oxygen atoms in total. The van der Waals surface area contributed by atoms with E-state index < -0.39 is 51.5 Å². The molecule has 0 saturated heterocycles. The fraction of sp³-hybridized carbons (Fsp3) is 0.720. The molecule has 0 amide bonds. The average Bonchev–Trinajstić information content (AvgIpc) is 2.76. The number of carbonyl (C=O) groups excluding carboxylic acids is 1. The fourth-order valence-corrected chi connectivity index (χ4v) is 8.23. The topological polar surface area (TPSA) is 69.7 Å². The van der Waals surface area contributed by atoms with E-state index in [1.165, 1.54) is 31.4 Å². The lowest BCUT2D eigenvalue weighted by atomic mass is 9.46. The Kier molecular flexibility index (Phi) is 7.33. The van der Waals surface area contributed by atoms with Gasteiger partial charge in [-0.3, -0.25) is 4.79 Å². The minimum Gasteiger partial charge on any atom is -0.458 e. The van der Waals surface area contributed by atoms with Crippen LogP contribution in [0.25, 0.3) is 0 Å². The van der Waals surface area contributed by atoms with E-state index >= 15 is 0 Å². The Morgan fingerprint density at radius 1 is 0.921 bits per heavy atom. The number of halogens is 6. The van der Waals surface area contributed by atoms with E-state index in [9.17, 15) is 39.6 Å². The molecule has 0 atom stereocenters. The van der Waals surface area contributed by atoms with Gasteiger partial charge in [0.2, 0.25) is 0 Å². The molecular weight excluding hydrogens is 558 g/mol. The van der Waals surface area contributed by atoms with Crippen LogP contribution in [0, 0.1) is 23.2 Å². The van der Waals surface area contributed by atoms with Crippen LogP contribution in [-0.4, -0.2) is 42.8 Å². The van der Waals surface area contributed by atoms with Crippen LogP contribution in [-0.2, 0) is 19.6 Å². The van der Waals surface area contributed by atoms with Crippen LogP contribution in [0.5, 0.6) is 5.75 Å². The Morgan fingerprint density at radius 2 is 1.39 bits per heavy atom. The van der Waals surface area contributed by atoms with Gasteiger partial charge in [-0.2, -0.15) is 34.8 Å². The summed E-state index contributed by atoms with van der Waals surface area (Å²) >= 11 is 1.04. The molecule has 0 radical (unpaired) electrons. The van der Waals surface area contributed by atoms with Crippen molar-refractivity contribution in [3.63, 3.8) is 0 Å². The van der Waals surface area contributed by atoms with Gasteiger partial charge in [0.1, 0.15) is 11.4 Å². The Balaban J connectivity index is 1.34. The van der Waals surface area contributed by atoms with Crippen LogP contribution in [0.2, 0.25) is 0 Å². The second-order valence-corrected chi connectivity index (χ2v) is 14.1. The molecule has 0 unspecified atom stereocenters. The lowest BCUT2D eigenvalue weighted by molar-refractivity contribution is -0.272. The highest BCUT2D eigenvalue weighted by molar-refractivity contribution is 8.00. The third-order valence-electron chi connectivity index (χ3n) is 8.30. The Hall–Kier alpha value is -1.63. The highest BCUT2D eigenvalue weighted by Gasteiger charge is 2.77. The van der Waals surface area contributed by atoms with Crippen molar-refractivity contribution in [3.8, 4) is 5.75 Å². The molecular formula is C25H30F6O5S2. The molecule has 1 aromatic rings. The molecule has 38 heavy (non-hydrogen) atoms. The van der Waals surface area contributed by atoms with E-state index in [4.69, 9.17) is 4.74 Å². The molecule has 4 aliphatic rings. The molecule has 5 rings (SSSR count). The fourth-order valence-electron chi connectivity index (χ4n) is 6.60. The van der Waals surface area contributed by atoms with E-state index in [-0.39, 0.29) is 11.2 Å². The van der Waals surface area contributed by atoms with Crippen LogP contribution in [0.1, 0.15) is 59.3 Å². The van der Waals surface area contributed by atoms with Crippen molar-refractivity contribution in [1.82, 2.24) is 0 Å². The first kappa shape index (κ1) is 29.4. The number of ether oxygens (including phenoxy) is 1. The van der Waals surface area contributed by atoms with Crippen molar-refractivity contribution in [2.75, 3.05) is 5.75 Å². The van der Waals surface area contributed by atoms with Gasteiger partial charge < -0.3 is 8.92 Å². The van der Waals surface area contributed by atoms with Crippen molar-refractivity contribution in [3.05, 3.63) is 24.3 Å². The lowest BCUT2D eigenvalue weighted by Gasteiger charge is -2.61. The number of thioether (sulfide) groups is 1. The van der Waals surface area contributed by atoms with Crippen LogP contribution < -0.4 is 4.18 Å². The predicted octanol–water partition coefficient (Wildman–Crippen LogP) is 6.91. The maximum absolute atomic E-state index is 13.8. The number of alkyl halides is 6. The summed E-state index contributed by atoms with van der Waals surface area (Å²) in [6, 6.07) is 4.22. The second-order valence-electron chi connectivity index (χ2n) is 11.5. The SMILES string of the molecule is CC(F)(F)C(F)(F)C(F)(F)S(=O)(=O)Oc1ccc(SCC(=O)OC(C)(C)C23CC4CC(CC(C4)C2)C3)cc1. The van der Waals surface area contributed by atoms with Crippen molar-refractivity contribution >= 4 is 27.8 Å². The zero-order valence-corrected chi connectivity index (χ0v) is 22.7. The molecule has 1 aromatic carbocycles. The summed E-state index contributed by atoms with van der Waals surface area (Å²) in [5.41, 5.74) is -0.678. The van der Waals surface area contributed by atoms with Gasteiger partial charge in [-0.15, -0.1) is 11.8 Å². The van der Waals surface area contributed by atoms with Crippen molar-refractivity contribution in [2.24, 2.45) is 23.2 Å². The quantitative estimate of drug-likeness (QED) is 0.128. The summed E-state index contributed by atoms with van der Waals surface area (Å²) in [6.45, 7) is 3.41. The molecule has 214 valence electrons. The molecule has 4 aliphatic carbocycles. The Labute approximate surface area is 222 Å². The minimum absolute atomic E-state index is 0.0346. The normalized spacial score (nSPS) is 27.9. The smallest absolute Gasteiger partial charge is 0.449 e. The van der Waals surface area contributed by atoms with Gasteiger partial charge in [-0.1, -0.05) is 0 Å². The number of carbonyl (C=O) groups is 1. The molecule has 0 heterocycles. The number of esters is 1. The van der Waals surface area contributed by atoms with E-state index in [2.05, 4.69) is 4.18 Å². The van der Waals surface area contributed by atoms with Gasteiger partial charge in [0.15, 0.2) is 0 Å². The van der Waals surface area contributed by atoms with Crippen LogP contribution >= 0.6 is 11.8 Å². The van der Waals surface area contributed by atoms with Gasteiger partial charge in [0, 0.05) is 17.2 Å². The third kappa shape index (κ3) is 5.13. The highest BCUT2D eigenvalue weighted by atomic mass is 32.2. The summed E-state index contributed by atoms with van der Waals surface area (Å²) in [6.07, 6.45) is 6.93. The lowest BCUT2D eigenvalue weighted by Crippen LogP contribution is -2.57. The van der Waals surface area contributed by atoms with Crippen LogP contribution in [0.4, 0.5) is 26.3 Å². The zero-order valence-electron chi connectivity index (χ0n) is 21.1.